The minimum atomic E-state index is -3.74. The Hall–Kier alpha value is -2.47. The van der Waals surface area contributed by atoms with Crippen molar-refractivity contribution in [3.8, 4) is 11.4 Å². The van der Waals surface area contributed by atoms with Gasteiger partial charge in [-0.25, -0.2) is 21.8 Å². The van der Waals surface area contributed by atoms with Crippen molar-refractivity contribution in [2.75, 3.05) is 0 Å². The Morgan fingerprint density at radius 1 is 1.00 bits per heavy atom. The molecule has 0 fully saturated rings. The predicted molar refractivity (Wildman–Crippen MR) is 81.4 cm³/mol. The Balaban J connectivity index is 2.11. The average Bonchev–Trinajstić information content (AvgIpc) is 2.99. The number of halogens is 1. The van der Waals surface area contributed by atoms with Gasteiger partial charge in [0.15, 0.2) is 5.82 Å². The molecule has 22 heavy (non-hydrogen) atoms. The van der Waals surface area contributed by atoms with Gasteiger partial charge in [0.25, 0.3) is 10.0 Å². The third kappa shape index (κ3) is 2.53. The molecule has 0 saturated carbocycles. The molecule has 0 atom stereocenters. The normalized spacial score (nSPS) is 11.5. The maximum atomic E-state index is 13.0. The lowest BCUT2D eigenvalue weighted by Gasteiger charge is -2.09. The fraction of sp³-hybridized carbons (Fsp3) is 0.0625. The summed E-state index contributed by atoms with van der Waals surface area (Å²) >= 11 is 0. The second kappa shape index (κ2) is 5.38. The summed E-state index contributed by atoms with van der Waals surface area (Å²) in [5, 5.41) is 0. The minimum Gasteiger partial charge on any atom is -0.236 e. The van der Waals surface area contributed by atoms with Crippen molar-refractivity contribution in [3.63, 3.8) is 0 Å². The van der Waals surface area contributed by atoms with Crippen molar-refractivity contribution in [3.05, 3.63) is 72.3 Å². The van der Waals surface area contributed by atoms with Gasteiger partial charge in [0.1, 0.15) is 5.82 Å². The van der Waals surface area contributed by atoms with Crippen molar-refractivity contribution in [2.45, 2.75) is 11.8 Å². The molecular weight excluding hydrogens is 303 g/mol. The van der Waals surface area contributed by atoms with E-state index >= 15 is 0 Å². The predicted octanol–water partition coefficient (Wildman–Crippen LogP) is 3.23. The van der Waals surface area contributed by atoms with Crippen LogP contribution in [-0.2, 0) is 10.0 Å². The molecule has 3 rings (SSSR count). The zero-order valence-corrected chi connectivity index (χ0v) is 12.6. The van der Waals surface area contributed by atoms with Crippen molar-refractivity contribution in [2.24, 2.45) is 0 Å². The lowest BCUT2D eigenvalue weighted by Crippen LogP contribution is -2.13. The highest BCUT2D eigenvalue weighted by atomic mass is 32.2. The van der Waals surface area contributed by atoms with E-state index in [9.17, 15) is 12.8 Å². The van der Waals surface area contributed by atoms with Crippen LogP contribution in [0.25, 0.3) is 11.4 Å². The summed E-state index contributed by atoms with van der Waals surface area (Å²) in [7, 11) is -3.74. The van der Waals surface area contributed by atoms with Gasteiger partial charge < -0.3 is 0 Å². The zero-order valence-electron chi connectivity index (χ0n) is 11.8. The molecule has 6 heteroatoms. The molecule has 1 aromatic heterocycles. The van der Waals surface area contributed by atoms with Crippen molar-refractivity contribution in [1.29, 1.82) is 0 Å². The molecule has 0 N–H and O–H groups in total. The molecule has 3 aromatic rings. The summed E-state index contributed by atoms with van der Waals surface area (Å²) in [6.07, 6.45) is 2.79. The van der Waals surface area contributed by atoms with Gasteiger partial charge in [0.05, 0.1) is 4.90 Å². The molecule has 0 aliphatic rings. The first-order valence-corrected chi connectivity index (χ1v) is 8.04. The van der Waals surface area contributed by atoms with E-state index in [0.29, 0.717) is 5.56 Å². The van der Waals surface area contributed by atoms with Crippen LogP contribution in [0.15, 0.2) is 65.8 Å². The molecule has 2 aromatic carbocycles. The number of nitrogens with zero attached hydrogens (tertiary/aromatic N) is 2. The van der Waals surface area contributed by atoms with Gasteiger partial charge in [-0.05, 0) is 43.3 Å². The fourth-order valence-electron chi connectivity index (χ4n) is 2.11. The molecule has 1 heterocycles. The van der Waals surface area contributed by atoms with E-state index in [1.54, 1.807) is 24.3 Å². The van der Waals surface area contributed by atoms with Gasteiger partial charge in [0.2, 0.25) is 0 Å². The van der Waals surface area contributed by atoms with Crippen LogP contribution in [0.5, 0.6) is 0 Å². The van der Waals surface area contributed by atoms with Crippen molar-refractivity contribution in [1.82, 2.24) is 8.96 Å². The summed E-state index contributed by atoms with van der Waals surface area (Å²) in [4.78, 5) is 4.27. The highest BCUT2D eigenvalue weighted by molar-refractivity contribution is 7.90. The molecule has 0 amide bonds. The second-order valence-corrected chi connectivity index (χ2v) is 6.69. The van der Waals surface area contributed by atoms with E-state index < -0.39 is 10.0 Å². The second-order valence-electron chi connectivity index (χ2n) is 4.87. The van der Waals surface area contributed by atoms with Crippen LogP contribution in [-0.4, -0.2) is 17.4 Å². The smallest absolute Gasteiger partial charge is 0.236 e. The number of aromatic nitrogens is 2. The first-order chi connectivity index (χ1) is 10.5. The van der Waals surface area contributed by atoms with Crippen LogP contribution in [0.3, 0.4) is 0 Å². The average molecular weight is 316 g/mol. The molecular formula is C16H13FN2O2S. The summed E-state index contributed by atoms with van der Waals surface area (Å²) in [5.74, 6) is -0.135. The van der Waals surface area contributed by atoms with Crippen LogP contribution in [0.2, 0.25) is 0 Å². The number of imidazole rings is 1. The Labute approximate surface area is 127 Å². The van der Waals surface area contributed by atoms with E-state index in [-0.39, 0.29) is 16.5 Å². The monoisotopic (exact) mass is 316 g/mol. The first kappa shape index (κ1) is 14.5. The minimum absolute atomic E-state index is 0.180. The maximum Gasteiger partial charge on any atom is 0.269 e. The third-order valence-electron chi connectivity index (χ3n) is 3.29. The van der Waals surface area contributed by atoms with Crippen LogP contribution < -0.4 is 0 Å². The number of benzene rings is 2. The molecule has 0 radical (unpaired) electrons. The van der Waals surface area contributed by atoms with Crippen LogP contribution in [0, 0.1) is 12.7 Å². The van der Waals surface area contributed by atoms with Gasteiger partial charge in [-0.2, -0.15) is 0 Å². The Bertz CT molecular complexity index is 898. The Morgan fingerprint density at radius 3 is 2.27 bits per heavy atom. The quantitative estimate of drug-likeness (QED) is 0.745. The molecule has 112 valence electrons. The van der Waals surface area contributed by atoms with Gasteiger partial charge in [0, 0.05) is 18.0 Å². The van der Waals surface area contributed by atoms with Gasteiger partial charge in [-0.1, -0.05) is 17.7 Å². The zero-order chi connectivity index (χ0) is 15.7. The summed E-state index contributed by atoms with van der Waals surface area (Å²) in [5.41, 5.74) is 1.51. The highest BCUT2D eigenvalue weighted by Gasteiger charge is 2.20. The van der Waals surface area contributed by atoms with Crippen molar-refractivity contribution < 1.29 is 12.8 Å². The third-order valence-corrected chi connectivity index (χ3v) is 4.97. The van der Waals surface area contributed by atoms with E-state index in [1.807, 2.05) is 6.92 Å². The Kier molecular flexibility index (Phi) is 3.54. The lowest BCUT2D eigenvalue weighted by atomic mass is 10.2. The van der Waals surface area contributed by atoms with E-state index in [1.165, 1.54) is 36.7 Å². The SMILES string of the molecule is Cc1ccc(S(=O)(=O)n2ccnc2-c2ccc(F)cc2)cc1. The maximum absolute atomic E-state index is 13.0. The number of hydrogen-bond donors (Lipinski definition) is 0. The topological polar surface area (TPSA) is 52.0 Å². The summed E-state index contributed by atoms with van der Waals surface area (Å²) in [6.45, 7) is 1.89. The van der Waals surface area contributed by atoms with Crippen LogP contribution in [0.1, 0.15) is 5.56 Å². The standard InChI is InChI=1S/C16H13FN2O2S/c1-12-2-8-15(9-3-12)22(20,21)19-11-10-18-16(19)13-4-6-14(17)7-5-13/h2-11H,1H3. The van der Waals surface area contributed by atoms with Crippen molar-refractivity contribution >= 4 is 10.0 Å². The summed E-state index contributed by atoms with van der Waals surface area (Å²) in [6, 6.07) is 12.1. The molecule has 0 aliphatic carbocycles. The van der Waals surface area contributed by atoms with Gasteiger partial charge >= 0.3 is 0 Å². The van der Waals surface area contributed by atoms with Crippen LogP contribution in [0.4, 0.5) is 4.39 Å². The van der Waals surface area contributed by atoms with Gasteiger partial charge in [-0.15, -0.1) is 0 Å². The molecule has 4 nitrogen and oxygen atoms in total. The Morgan fingerprint density at radius 2 is 1.64 bits per heavy atom. The molecule has 0 spiro atoms. The molecule has 0 bridgehead atoms. The van der Waals surface area contributed by atoms with E-state index in [2.05, 4.69) is 4.98 Å². The largest absolute Gasteiger partial charge is 0.269 e. The highest BCUT2D eigenvalue weighted by Crippen LogP contribution is 2.23. The van der Waals surface area contributed by atoms with Gasteiger partial charge in [-0.3, -0.25) is 0 Å². The first-order valence-electron chi connectivity index (χ1n) is 6.60. The molecule has 0 unspecified atom stereocenters. The van der Waals surface area contributed by atoms with E-state index in [4.69, 9.17) is 0 Å². The van der Waals surface area contributed by atoms with Crippen LogP contribution >= 0.6 is 0 Å². The summed E-state index contributed by atoms with van der Waals surface area (Å²) < 4.78 is 39.6. The fourth-order valence-corrected chi connectivity index (χ4v) is 3.41. The lowest BCUT2D eigenvalue weighted by molar-refractivity contribution is 0.588. The number of hydrogen-bond acceptors (Lipinski definition) is 3. The molecule has 0 aliphatic heterocycles. The number of aryl methyl sites for hydroxylation is 1. The molecule has 0 saturated heterocycles. The number of rotatable bonds is 3. The van der Waals surface area contributed by atoms with E-state index in [0.717, 1.165) is 9.54 Å².